The number of carbonyl (C=O) groups is 1. The Labute approximate surface area is 207 Å². The number of aryl methyl sites for hydroxylation is 1. The van der Waals surface area contributed by atoms with Gasteiger partial charge in [-0.3, -0.25) is 9.78 Å². The minimum absolute atomic E-state index is 0.173. The molecule has 0 aromatic carbocycles. The van der Waals surface area contributed by atoms with E-state index in [0.717, 1.165) is 30.8 Å². The predicted octanol–water partition coefficient (Wildman–Crippen LogP) is 3.52. The van der Waals surface area contributed by atoms with E-state index >= 15 is 0 Å². The molecule has 6 rings (SSSR count). The summed E-state index contributed by atoms with van der Waals surface area (Å²) in [7, 11) is 0. The molecule has 36 heavy (non-hydrogen) atoms. The van der Waals surface area contributed by atoms with Crippen LogP contribution in [-0.4, -0.2) is 65.2 Å². The van der Waals surface area contributed by atoms with Crippen LogP contribution in [0, 0.1) is 12.8 Å². The van der Waals surface area contributed by atoms with E-state index < -0.39 is 5.91 Å². The first-order valence-electron chi connectivity index (χ1n) is 12.1. The first-order valence-corrected chi connectivity index (χ1v) is 12.1. The van der Waals surface area contributed by atoms with Gasteiger partial charge in [0.1, 0.15) is 6.26 Å². The Kier molecular flexibility index (Phi) is 5.76. The van der Waals surface area contributed by atoms with Crippen LogP contribution in [0.25, 0.3) is 22.7 Å². The summed E-state index contributed by atoms with van der Waals surface area (Å²) < 4.78 is 17.0. The Morgan fingerprint density at radius 2 is 1.97 bits per heavy atom. The highest BCUT2D eigenvalue weighted by Crippen LogP contribution is 2.34. The normalized spacial score (nSPS) is 18.2. The lowest BCUT2D eigenvalue weighted by atomic mass is 10.2. The molecule has 2 aliphatic rings. The van der Waals surface area contributed by atoms with Gasteiger partial charge in [-0.2, -0.15) is 4.98 Å². The van der Waals surface area contributed by atoms with E-state index in [1.54, 1.807) is 18.3 Å². The van der Waals surface area contributed by atoms with E-state index in [9.17, 15) is 4.79 Å². The molecule has 0 aliphatic carbocycles. The van der Waals surface area contributed by atoms with Gasteiger partial charge in [-0.1, -0.05) is 6.92 Å². The number of pyridine rings is 2. The molecule has 11 nitrogen and oxygen atoms in total. The van der Waals surface area contributed by atoms with E-state index in [1.165, 1.54) is 6.26 Å². The fraction of sp³-hybridized carbons (Fsp3) is 0.400. The van der Waals surface area contributed by atoms with Crippen LogP contribution in [0.15, 0.2) is 39.5 Å². The first-order chi connectivity index (χ1) is 17.5. The molecule has 2 saturated heterocycles. The fourth-order valence-corrected chi connectivity index (χ4v) is 4.57. The lowest BCUT2D eigenvalue weighted by Crippen LogP contribution is -2.36. The third-order valence-electron chi connectivity index (χ3n) is 6.48. The molecule has 1 atom stereocenters. The van der Waals surface area contributed by atoms with Gasteiger partial charge in [-0.15, -0.1) is 0 Å². The standard InChI is InChI=1S/C25H27N7O4/c1-15-4-6-32(13-15)22-18(12-20-21(29-22)30-25(36-20)31-7-9-34-10-8-31)27-23(33)19-14-35-24(28-19)17-3-5-26-16(2)11-17/h3,5,11-12,14-15H,4,6-10,13H2,1-2H3,(H,27,33). The molecule has 0 radical (unpaired) electrons. The minimum atomic E-state index is -0.390. The average molecular weight is 490 g/mol. The summed E-state index contributed by atoms with van der Waals surface area (Å²) in [6, 6.07) is 5.95. The lowest BCUT2D eigenvalue weighted by molar-refractivity contribution is 0.102. The van der Waals surface area contributed by atoms with E-state index in [1.807, 2.05) is 17.9 Å². The van der Waals surface area contributed by atoms with E-state index in [-0.39, 0.29) is 5.69 Å². The Hall–Kier alpha value is -3.99. The van der Waals surface area contributed by atoms with Gasteiger partial charge >= 0.3 is 0 Å². The van der Waals surface area contributed by atoms with Gasteiger partial charge in [0.15, 0.2) is 17.1 Å². The Morgan fingerprint density at radius 1 is 1.11 bits per heavy atom. The topological polar surface area (TPSA) is 123 Å². The Bertz CT molecular complexity index is 1410. The number of morpholine rings is 1. The van der Waals surface area contributed by atoms with E-state index in [0.29, 0.717) is 66.9 Å². The van der Waals surface area contributed by atoms with Crippen LogP contribution in [0.3, 0.4) is 0 Å². The maximum absolute atomic E-state index is 13.2. The number of aromatic nitrogens is 4. The SMILES string of the molecule is Cc1cc(-c2nc(C(=O)Nc3cc4oc(N5CCOCC5)nc4nc3N3CCC(C)C3)co2)ccn1. The summed E-state index contributed by atoms with van der Waals surface area (Å²) >= 11 is 0. The third-order valence-corrected chi connectivity index (χ3v) is 6.48. The number of rotatable bonds is 5. The molecule has 0 bridgehead atoms. The molecule has 1 N–H and O–H groups in total. The number of fused-ring (bicyclic) bond motifs is 1. The van der Waals surface area contributed by atoms with Crippen LogP contribution in [-0.2, 0) is 4.74 Å². The molecule has 1 amide bonds. The zero-order chi connectivity index (χ0) is 24.6. The van der Waals surface area contributed by atoms with Crippen molar-refractivity contribution in [3.05, 3.63) is 42.0 Å². The highest BCUT2D eigenvalue weighted by atomic mass is 16.5. The van der Waals surface area contributed by atoms with Gasteiger partial charge in [0, 0.05) is 49.7 Å². The van der Waals surface area contributed by atoms with Gasteiger partial charge in [0.25, 0.3) is 11.9 Å². The summed E-state index contributed by atoms with van der Waals surface area (Å²) in [4.78, 5) is 35.4. The van der Waals surface area contributed by atoms with Crippen molar-refractivity contribution in [2.24, 2.45) is 5.92 Å². The smallest absolute Gasteiger partial charge is 0.300 e. The van der Waals surface area contributed by atoms with E-state index in [4.69, 9.17) is 18.6 Å². The highest BCUT2D eigenvalue weighted by Gasteiger charge is 2.26. The number of carbonyl (C=O) groups excluding carboxylic acids is 1. The maximum atomic E-state index is 13.2. The molecule has 0 saturated carbocycles. The second-order valence-electron chi connectivity index (χ2n) is 9.29. The first kappa shape index (κ1) is 22.5. The quantitative estimate of drug-likeness (QED) is 0.445. The summed E-state index contributed by atoms with van der Waals surface area (Å²) in [5.41, 5.74) is 3.34. The number of nitrogens with one attached hydrogen (secondary N) is 1. The lowest BCUT2D eigenvalue weighted by Gasteiger charge is -2.24. The predicted molar refractivity (Wildman–Crippen MR) is 133 cm³/mol. The highest BCUT2D eigenvalue weighted by molar-refractivity contribution is 6.05. The number of anilines is 3. The molecule has 2 aliphatic heterocycles. The van der Waals surface area contributed by atoms with Crippen molar-refractivity contribution in [2.75, 3.05) is 54.5 Å². The van der Waals surface area contributed by atoms with Gasteiger partial charge in [-0.05, 0) is 31.4 Å². The van der Waals surface area contributed by atoms with Crippen LogP contribution in [0.5, 0.6) is 0 Å². The molecular weight excluding hydrogens is 462 g/mol. The third kappa shape index (κ3) is 4.37. The van der Waals surface area contributed by atoms with Crippen LogP contribution < -0.4 is 15.1 Å². The van der Waals surface area contributed by atoms with Gasteiger partial charge < -0.3 is 28.7 Å². The van der Waals surface area contributed by atoms with Crippen LogP contribution in [0.1, 0.15) is 29.5 Å². The number of oxazole rings is 2. The second kappa shape index (κ2) is 9.23. The van der Waals surface area contributed by atoms with Crippen LogP contribution >= 0.6 is 0 Å². The van der Waals surface area contributed by atoms with Gasteiger partial charge in [-0.25, -0.2) is 9.97 Å². The molecule has 4 aromatic rings. The van der Waals surface area contributed by atoms with Crippen molar-refractivity contribution in [2.45, 2.75) is 20.3 Å². The summed E-state index contributed by atoms with van der Waals surface area (Å²) in [6.07, 6.45) is 4.10. The molecule has 186 valence electrons. The number of ether oxygens (including phenoxy) is 1. The number of hydrogen-bond donors (Lipinski definition) is 1. The fourth-order valence-electron chi connectivity index (χ4n) is 4.57. The van der Waals surface area contributed by atoms with Crippen LogP contribution in [0.2, 0.25) is 0 Å². The Morgan fingerprint density at radius 3 is 2.75 bits per heavy atom. The van der Waals surface area contributed by atoms with Crippen molar-refractivity contribution in [1.29, 1.82) is 0 Å². The minimum Gasteiger partial charge on any atom is -0.444 e. The molecule has 2 fully saturated rings. The van der Waals surface area contributed by atoms with Crippen molar-refractivity contribution in [3.63, 3.8) is 0 Å². The van der Waals surface area contributed by atoms with Gasteiger partial charge in [0.2, 0.25) is 11.5 Å². The number of hydrogen-bond acceptors (Lipinski definition) is 10. The van der Waals surface area contributed by atoms with Gasteiger partial charge in [0.05, 0.1) is 18.9 Å². The molecular formula is C25H27N7O4. The Balaban J connectivity index is 1.31. The van der Waals surface area contributed by atoms with Crippen LogP contribution in [0.4, 0.5) is 17.5 Å². The van der Waals surface area contributed by atoms with Crippen molar-refractivity contribution < 1.29 is 18.4 Å². The molecule has 1 unspecified atom stereocenters. The number of nitrogens with zero attached hydrogens (tertiary/aromatic N) is 6. The monoisotopic (exact) mass is 489 g/mol. The zero-order valence-corrected chi connectivity index (χ0v) is 20.2. The second-order valence-corrected chi connectivity index (χ2v) is 9.29. The van der Waals surface area contributed by atoms with Crippen molar-refractivity contribution in [3.8, 4) is 11.5 Å². The number of amides is 1. The molecule has 11 heteroatoms. The summed E-state index contributed by atoms with van der Waals surface area (Å²) in [5, 5.41) is 2.98. The average Bonchev–Trinajstić information content (AvgIpc) is 3.63. The largest absolute Gasteiger partial charge is 0.444 e. The summed E-state index contributed by atoms with van der Waals surface area (Å²) in [5.74, 6) is 1.18. The summed E-state index contributed by atoms with van der Waals surface area (Å²) in [6.45, 7) is 8.47. The maximum Gasteiger partial charge on any atom is 0.300 e. The van der Waals surface area contributed by atoms with Crippen molar-refractivity contribution in [1.82, 2.24) is 19.9 Å². The molecule has 4 aromatic heterocycles. The van der Waals surface area contributed by atoms with E-state index in [2.05, 4.69) is 32.1 Å². The molecule has 6 heterocycles. The van der Waals surface area contributed by atoms with Crippen molar-refractivity contribution >= 4 is 34.7 Å². The molecule has 0 spiro atoms. The zero-order valence-electron chi connectivity index (χ0n) is 20.2.